The van der Waals surface area contributed by atoms with Crippen molar-refractivity contribution in [2.24, 2.45) is 0 Å². The average Bonchev–Trinajstić information content (AvgIpc) is 3.18. The van der Waals surface area contributed by atoms with Crippen molar-refractivity contribution in [1.82, 2.24) is 0 Å². The predicted octanol–water partition coefficient (Wildman–Crippen LogP) is 5.36. The van der Waals surface area contributed by atoms with Gasteiger partial charge in [-0.1, -0.05) is 17.7 Å². The number of hydrogen-bond acceptors (Lipinski definition) is 3. The summed E-state index contributed by atoms with van der Waals surface area (Å²) in [5.74, 6) is -0.592. The van der Waals surface area contributed by atoms with Crippen molar-refractivity contribution in [2.75, 3.05) is 16.2 Å². The van der Waals surface area contributed by atoms with Crippen molar-refractivity contribution in [3.8, 4) is 0 Å². The summed E-state index contributed by atoms with van der Waals surface area (Å²) in [5.41, 5.74) is 0.464. The van der Waals surface area contributed by atoms with E-state index in [0.29, 0.717) is 22.7 Å². The molecule has 0 aromatic heterocycles. The van der Waals surface area contributed by atoms with Crippen molar-refractivity contribution >= 4 is 38.9 Å². The first-order valence-electron chi connectivity index (χ1n) is 9.45. The van der Waals surface area contributed by atoms with Gasteiger partial charge in [-0.2, -0.15) is 13.2 Å². The zero-order chi connectivity index (χ0) is 23.1. The molecule has 10 heteroatoms. The van der Waals surface area contributed by atoms with Gasteiger partial charge in [0.1, 0.15) is 0 Å². The standard InChI is InChI=1S/C22H16ClF3N2O3S/c23-17-5-7-19(8-6-17)32(30,31)28-11-10-14-12-15(4-9-20(14)28)21(29)27-18-3-1-2-16(13-18)22(24,25)26/h1-9,12-13H,10-11H2,(H,27,29). The maximum absolute atomic E-state index is 13.0. The second-order valence-electron chi connectivity index (χ2n) is 7.16. The topological polar surface area (TPSA) is 66.5 Å². The van der Waals surface area contributed by atoms with Gasteiger partial charge in [-0.05, 0) is 72.6 Å². The average molecular weight is 481 g/mol. The van der Waals surface area contributed by atoms with Gasteiger partial charge in [-0.15, -0.1) is 0 Å². The van der Waals surface area contributed by atoms with Gasteiger partial charge < -0.3 is 5.32 Å². The molecule has 5 nitrogen and oxygen atoms in total. The summed E-state index contributed by atoms with van der Waals surface area (Å²) >= 11 is 5.84. The Bertz CT molecular complexity index is 1290. The first-order chi connectivity index (χ1) is 15.1. The number of nitrogens with one attached hydrogen (secondary N) is 1. The number of amides is 1. The van der Waals surface area contributed by atoms with Gasteiger partial charge in [0, 0.05) is 22.8 Å². The summed E-state index contributed by atoms with van der Waals surface area (Å²) in [7, 11) is -3.80. The van der Waals surface area contributed by atoms with Crippen molar-refractivity contribution < 1.29 is 26.4 Å². The number of halogens is 4. The Morgan fingerprint density at radius 3 is 2.41 bits per heavy atom. The van der Waals surface area contributed by atoms with E-state index in [1.54, 1.807) is 6.07 Å². The number of carbonyl (C=O) groups is 1. The van der Waals surface area contributed by atoms with Gasteiger partial charge in [-0.3, -0.25) is 9.10 Å². The summed E-state index contributed by atoms with van der Waals surface area (Å²) in [6.07, 6.45) is -4.12. The molecule has 166 valence electrons. The van der Waals surface area contributed by atoms with Gasteiger partial charge in [0.05, 0.1) is 16.1 Å². The van der Waals surface area contributed by atoms with Crippen LogP contribution in [0.25, 0.3) is 0 Å². The molecule has 1 N–H and O–H groups in total. The van der Waals surface area contributed by atoms with E-state index in [1.165, 1.54) is 52.8 Å². The highest BCUT2D eigenvalue weighted by molar-refractivity contribution is 7.92. The number of rotatable bonds is 4. The quantitative estimate of drug-likeness (QED) is 0.546. The molecular weight excluding hydrogens is 465 g/mol. The first-order valence-corrected chi connectivity index (χ1v) is 11.3. The monoisotopic (exact) mass is 480 g/mol. The summed E-state index contributed by atoms with van der Waals surface area (Å²) in [4.78, 5) is 12.7. The molecule has 1 aliphatic rings. The Kier molecular flexibility index (Phi) is 5.64. The maximum Gasteiger partial charge on any atom is 0.416 e. The smallest absolute Gasteiger partial charge is 0.322 e. The maximum atomic E-state index is 13.0. The molecule has 0 atom stereocenters. The van der Waals surface area contributed by atoms with E-state index in [4.69, 9.17) is 11.6 Å². The molecule has 0 radical (unpaired) electrons. The van der Waals surface area contributed by atoms with E-state index >= 15 is 0 Å². The molecule has 0 saturated carbocycles. The van der Waals surface area contributed by atoms with Gasteiger partial charge in [0.2, 0.25) is 0 Å². The van der Waals surface area contributed by atoms with E-state index in [1.807, 2.05) is 0 Å². The Morgan fingerprint density at radius 2 is 1.72 bits per heavy atom. The highest BCUT2D eigenvalue weighted by Crippen LogP contribution is 2.34. The predicted molar refractivity (Wildman–Crippen MR) is 116 cm³/mol. The SMILES string of the molecule is O=C(Nc1cccc(C(F)(F)F)c1)c1ccc2c(c1)CCN2S(=O)(=O)c1ccc(Cl)cc1. The molecule has 1 aliphatic heterocycles. The fraction of sp³-hybridized carbons (Fsp3) is 0.136. The third-order valence-corrected chi connectivity index (χ3v) is 7.12. The number of benzene rings is 3. The van der Waals surface area contributed by atoms with Gasteiger partial charge in [0.15, 0.2) is 0 Å². The molecule has 0 bridgehead atoms. The minimum atomic E-state index is -4.52. The van der Waals surface area contributed by atoms with Crippen LogP contribution >= 0.6 is 11.6 Å². The molecular formula is C22H16ClF3N2O3S. The van der Waals surface area contributed by atoms with Crippen molar-refractivity contribution in [3.63, 3.8) is 0 Å². The molecule has 0 aliphatic carbocycles. The lowest BCUT2D eigenvalue weighted by Gasteiger charge is -2.20. The number of anilines is 2. The lowest BCUT2D eigenvalue weighted by Crippen LogP contribution is -2.29. The first kappa shape index (κ1) is 22.2. The Hall–Kier alpha value is -3.04. The summed E-state index contributed by atoms with van der Waals surface area (Å²) in [5, 5.41) is 2.87. The fourth-order valence-electron chi connectivity index (χ4n) is 3.47. The zero-order valence-corrected chi connectivity index (χ0v) is 17.9. The molecule has 0 unspecified atom stereocenters. The molecule has 32 heavy (non-hydrogen) atoms. The molecule has 0 spiro atoms. The van der Waals surface area contributed by atoms with Crippen LogP contribution in [0.3, 0.4) is 0 Å². The highest BCUT2D eigenvalue weighted by Gasteiger charge is 2.32. The van der Waals surface area contributed by atoms with Crippen LogP contribution < -0.4 is 9.62 Å². The van der Waals surface area contributed by atoms with Crippen LogP contribution in [0, 0.1) is 0 Å². The van der Waals surface area contributed by atoms with Gasteiger partial charge in [0.25, 0.3) is 15.9 Å². The third-order valence-electron chi connectivity index (χ3n) is 5.04. The summed E-state index contributed by atoms with van der Waals surface area (Å²) < 4.78 is 65.9. The number of alkyl halides is 3. The molecule has 0 saturated heterocycles. The minimum absolute atomic E-state index is 0.0114. The van der Waals surface area contributed by atoms with E-state index < -0.39 is 27.7 Å². The molecule has 0 fully saturated rings. The van der Waals surface area contributed by atoms with Crippen LogP contribution in [0.4, 0.5) is 24.5 Å². The van der Waals surface area contributed by atoms with Crippen LogP contribution in [0.15, 0.2) is 71.6 Å². The van der Waals surface area contributed by atoms with Crippen LogP contribution in [0.1, 0.15) is 21.5 Å². The Labute approximate surface area is 187 Å². The fourth-order valence-corrected chi connectivity index (χ4v) is 5.10. The van der Waals surface area contributed by atoms with Crippen LogP contribution in [-0.2, 0) is 22.6 Å². The van der Waals surface area contributed by atoms with Crippen molar-refractivity contribution in [3.05, 3.63) is 88.4 Å². The summed E-state index contributed by atoms with van der Waals surface area (Å²) in [6.45, 7) is 0.207. The largest absolute Gasteiger partial charge is 0.416 e. The van der Waals surface area contributed by atoms with Gasteiger partial charge >= 0.3 is 6.18 Å². The van der Waals surface area contributed by atoms with E-state index in [-0.39, 0.29) is 22.7 Å². The molecule has 3 aromatic rings. The molecule has 3 aromatic carbocycles. The van der Waals surface area contributed by atoms with E-state index in [9.17, 15) is 26.4 Å². The van der Waals surface area contributed by atoms with E-state index in [0.717, 1.165) is 12.1 Å². The Morgan fingerprint density at radius 1 is 1.00 bits per heavy atom. The second-order valence-corrected chi connectivity index (χ2v) is 9.46. The molecule has 1 amide bonds. The number of carbonyl (C=O) groups excluding carboxylic acids is 1. The van der Waals surface area contributed by atoms with Crippen molar-refractivity contribution in [1.29, 1.82) is 0 Å². The summed E-state index contributed by atoms with van der Waals surface area (Å²) in [6, 6.07) is 14.7. The minimum Gasteiger partial charge on any atom is -0.322 e. The van der Waals surface area contributed by atoms with Crippen molar-refractivity contribution in [2.45, 2.75) is 17.5 Å². The number of nitrogens with zero attached hydrogens (tertiary/aromatic N) is 1. The lowest BCUT2D eigenvalue weighted by atomic mass is 10.1. The number of fused-ring (bicyclic) bond motifs is 1. The zero-order valence-electron chi connectivity index (χ0n) is 16.4. The normalized spacial score (nSPS) is 13.7. The number of sulfonamides is 1. The van der Waals surface area contributed by atoms with Crippen LogP contribution in [-0.4, -0.2) is 20.9 Å². The van der Waals surface area contributed by atoms with Crippen LogP contribution in [0.5, 0.6) is 0 Å². The molecule has 1 heterocycles. The highest BCUT2D eigenvalue weighted by atomic mass is 35.5. The Balaban J connectivity index is 1.56. The van der Waals surface area contributed by atoms with E-state index in [2.05, 4.69) is 5.32 Å². The van der Waals surface area contributed by atoms with Crippen LogP contribution in [0.2, 0.25) is 5.02 Å². The third kappa shape index (κ3) is 4.31. The molecule has 4 rings (SSSR count). The lowest BCUT2D eigenvalue weighted by molar-refractivity contribution is -0.137. The second kappa shape index (κ2) is 8.14. The number of hydrogen-bond donors (Lipinski definition) is 1. The van der Waals surface area contributed by atoms with Gasteiger partial charge in [-0.25, -0.2) is 8.42 Å².